The molecule has 26 heavy (non-hydrogen) atoms. The van der Waals surface area contributed by atoms with Gasteiger partial charge in [-0.2, -0.15) is 0 Å². The summed E-state index contributed by atoms with van der Waals surface area (Å²) in [6.45, 7) is 0. The van der Waals surface area contributed by atoms with Gasteiger partial charge in [0.25, 0.3) is 5.91 Å². The number of carbonyl (C=O) groups excluding carboxylic acids is 1. The van der Waals surface area contributed by atoms with E-state index >= 15 is 0 Å². The Balaban J connectivity index is 1.47. The number of carbonyl (C=O) groups is 1. The standard InChI is InChI=1S/C21H15N3OS/c25-21(24-17-8-11-19-16(14-17)4-3-13-22-19)15-6-9-18(10-7-15)26-20-5-1-2-12-23-20/h1-14H,(H,24,25). The van der Waals surface area contributed by atoms with E-state index in [1.165, 1.54) is 0 Å². The van der Waals surface area contributed by atoms with Crippen LogP contribution in [0.25, 0.3) is 10.9 Å². The van der Waals surface area contributed by atoms with Crippen LogP contribution in [0.2, 0.25) is 0 Å². The lowest BCUT2D eigenvalue weighted by Crippen LogP contribution is -2.11. The molecule has 1 amide bonds. The maximum atomic E-state index is 12.5. The number of aromatic nitrogens is 2. The van der Waals surface area contributed by atoms with Crippen LogP contribution in [0.4, 0.5) is 5.69 Å². The van der Waals surface area contributed by atoms with E-state index < -0.39 is 0 Å². The molecule has 2 aromatic heterocycles. The van der Waals surface area contributed by atoms with Crippen LogP contribution in [0.3, 0.4) is 0 Å². The molecule has 0 aliphatic rings. The molecule has 4 nitrogen and oxygen atoms in total. The van der Waals surface area contributed by atoms with Crippen LogP contribution in [0.5, 0.6) is 0 Å². The molecule has 0 unspecified atom stereocenters. The van der Waals surface area contributed by atoms with Gasteiger partial charge < -0.3 is 5.32 Å². The third-order valence-corrected chi connectivity index (χ3v) is 4.80. The summed E-state index contributed by atoms with van der Waals surface area (Å²) in [6.07, 6.45) is 3.52. The van der Waals surface area contributed by atoms with Crippen LogP contribution < -0.4 is 5.32 Å². The summed E-state index contributed by atoms with van der Waals surface area (Å²) in [5.41, 5.74) is 2.27. The van der Waals surface area contributed by atoms with Crippen LogP contribution in [0, 0.1) is 0 Å². The van der Waals surface area contributed by atoms with Crippen molar-refractivity contribution >= 4 is 34.3 Å². The molecule has 0 aliphatic carbocycles. The number of nitrogens with zero attached hydrogens (tertiary/aromatic N) is 2. The van der Waals surface area contributed by atoms with Crippen molar-refractivity contribution in [1.82, 2.24) is 9.97 Å². The van der Waals surface area contributed by atoms with Gasteiger partial charge in [-0.15, -0.1) is 0 Å². The lowest BCUT2D eigenvalue weighted by molar-refractivity contribution is 0.102. The van der Waals surface area contributed by atoms with Gasteiger partial charge in [0.15, 0.2) is 0 Å². The van der Waals surface area contributed by atoms with Gasteiger partial charge in [0, 0.05) is 33.9 Å². The van der Waals surface area contributed by atoms with Gasteiger partial charge in [0.2, 0.25) is 0 Å². The Morgan fingerprint density at radius 2 is 1.69 bits per heavy atom. The van der Waals surface area contributed by atoms with Crippen molar-refractivity contribution in [3.8, 4) is 0 Å². The molecule has 0 radical (unpaired) electrons. The van der Waals surface area contributed by atoms with Crippen LogP contribution in [0.15, 0.2) is 95.1 Å². The highest BCUT2D eigenvalue weighted by Gasteiger charge is 2.07. The van der Waals surface area contributed by atoms with E-state index in [0.717, 1.165) is 26.5 Å². The Hall–Kier alpha value is -3.18. The van der Waals surface area contributed by atoms with Gasteiger partial charge >= 0.3 is 0 Å². The van der Waals surface area contributed by atoms with E-state index in [2.05, 4.69) is 15.3 Å². The van der Waals surface area contributed by atoms with Gasteiger partial charge in [-0.3, -0.25) is 9.78 Å². The minimum atomic E-state index is -0.136. The van der Waals surface area contributed by atoms with Gasteiger partial charge in [0.1, 0.15) is 5.03 Å². The molecule has 0 saturated heterocycles. The second-order valence-corrected chi connectivity index (χ2v) is 6.75. The largest absolute Gasteiger partial charge is 0.322 e. The molecule has 2 aromatic carbocycles. The van der Waals surface area contributed by atoms with E-state index in [0.29, 0.717) is 5.56 Å². The quantitative estimate of drug-likeness (QED) is 0.556. The highest BCUT2D eigenvalue weighted by molar-refractivity contribution is 7.99. The van der Waals surface area contributed by atoms with E-state index in [9.17, 15) is 4.79 Å². The first-order chi connectivity index (χ1) is 12.8. The summed E-state index contributed by atoms with van der Waals surface area (Å²) in [5, 5.41) is 4.85. The molecule has 0 aliphatic heterocycles. The monoisotopic (exact) mass is 357 g/mol. The highest BCUT2D eigenvalue weighted by atomic mass is 32.2. The first-order valence-electron chi connectivity index (χ1n) is 8.13. The molecule has 1 N–H and O–H groups in total. The molecule has 0 saturated carbocycles. The van der Waals surface area contributed by atoms with Gasteiger partial charge in [-0.05, 0) is 60.7 Å². The first kappa shape index (κ1) is 16.3. The fourth-order valence-corrected chi connectivity index (χ4v) is 3.33. The lowest BCUT2D eigenvalue weighted by Gasteiger charge is -2.07. The van der Waals surface area contributed by atoms with Crippen molar-refractivity contribution in [3.05, 3.63) is 90.8 Å². The van der Waals surface area contributed by atoms with Crippen LogP contribution in [-0.4, -0.2) is 15.9 Å². The summed E-state index contributed by atoms with van der Waals surface area (Å²) in [7, 11) is 0. The fraction of sp³-hybridized carbons (Fsp3) is 0. The fourth-order valence-electron chi connectivity index (χ4n) is 2.56. The third kappa shape index (κ3) is 3.73. The molecule has 5 heteroatoms. The Kier molecular flexibility index (Phi) is 4.62. The molecule has 126 valence electrons. The van der Waals surface area contributed by atoms with E-state index in [-0.39, 0.29) is 5.91 Å². The number of amides is 1. The molecule has 4 rings (SSSR count). The van der Waals surface area contributed by atoms with Crippen LogP contribution in [-0.2, 0) is 0 Å². The molecule has 0 atom stereocenters. The molecule has 4 aromatic rings. The summed E-state index contributed by atoms with van der Waals surface area (Å²) in [4.78, 5) is 22.1. The Morgan fingerprint density at radius 3 is 2.50 bits per heavy atom. The third-order valence-electron chi connectivity index (χ3n) is 3.84. The van der Waals surface area contributed by atoms with Gasteiger partial charge in [-0.25, -0.2) is 4.98 Å². The number of pyridine rings is 2. The van der Waals surface area contributed by atoms with E-state index in [1.54, 1.807) is 24.2 Å². The lowest BCUT2D eigenvalue weighted by atomic mass is 10.1. The number of anilines is 1. The Bertz CT molecular complexity index is 1050. The zero-order valence-electron chi connectivity index (χ0n) is 13.8. The summed E-state index contributed by atoms with van der Waals surface area (Å²) < 4.78 is 0. The van der Waals surface area contributed by atoms with Crippen molar-refractivity contribution in [3.63, 3.8) is 0 Å². The first-order valence-corrected chi connectivity index (χ1v) is 8.95. The predicted molar refractivity (Wildman–Crippen MR) is 104 cm³/mol. The molecule has 2 heterocycles. The number of hydrogen-bond donors (Lipinski definition) is 1. The topological polar surface area (TPSA) is 54.9 Å². The van der Waals surface area contributed by atoms with E-state index in [1.807, 2.05) is 72.8 Å². The molecular weight excluding hydrogens is 342 g/mol. The maximum absolute atomic E-state index is 12.5. The minimum absolute atomic E-state index is 0.136. The average molecular weight is 357 g/mol. The van der Waals surface area contributed by atoms with Crippen molar-refractivity contribution < 1.29 is 4.79 Å². The summed E-state index contributed by atoms with van der Waals surface area (Å²) >= 11 is 1.56. The maximum Gasteiger partial charge on any atom is 0.255 e. The van der Waals surface area contributed by atoms with Crippen molar-refractivity contribution in [2.45, 2.75) is 9.92 Å². The zero-order valence-corrected chi connectivity index (χ0v) is 14.6. The molecule has 0 bridgehead atoms. The smallest absolute Gasteiger partial charge is 0.255 e. The molecule has 0 fully saturated rings. The SMILES string of the molecule is O=C(Nc1ccc2ncccc2c1)c1ccc(Sc2ccccn2)cc1. The summed E-state index contributed by atoms with van der Waals surface area (Å²) in [6, 6.07) is 22.8. The summed E-state index contributed by atoms with van der Waals surface area (Å²) in [5.74, 6) is -0.136. The van der Waals surface area contributed by atoms with Crippen molar-refractivity contribution in [2.24, 2.45) is 0 Å². The normalized spacial score (nSPS) is 10.6. The molecular formula is C21H15N3OS. The van der Waals surface area contributed by atoms with Gasteiger partial charge in [0.05, 0.1) is 5.52 Å². The minimum Gasteiger partial charge on any atom is -0.322 e. The number of hydrogen-bond acceptors (Lipinski definition) is 4. The van der Waals surface area contributed by atoms with Crippen LogP contribution in [0.1, 0.15) is 10.4 Å². The highest BCUT2D eigenvalue weighted by Crippen LogP contribution is 2.26. The number of benzene rings is 2. The zero-order chi connectivity index (χ0) is 17.8. The van der Waals surface area contributed by atoms with Crippen LogP contribution >= 0.6 is 11.8 Å². The van der Waals surface area contributed by atoms with E-state index in [4.69, 9.17) is 0 Å². The number of nitrogens with one attached hydrogen (secondary N) is 1. The second-order valence-electron chi connectivity index (χ2n) is 5.66. The second kappa shape index (κ2) is 7.37. The number of fused-ring (bicyclic) bond motifs is 1. The van der Waals surface area contributed by atoms with Crippen molar-refractivity contribution in [1.29, 1.82) is 0 Å². The molecule has 0 spiro atoms. The van der Waals surface area contributed by atoms with Crippen molar-refractivity contribution in [2.75, 3.05) is 5.32 Å². The van der Waals surface area contributed by atoms with Gasteiger partial charge in [-0.1, -0.05) is 23.9 Å². The Labute approximate surface area is 155 Å². The predicted octanol–water partition coefficient (Wildman–Crippen LogP) is 5.03. The number of rotatable bonds is 4. The Morgan fingerprint density at radius 1 is 0.846 bits per heavy atom. The average Bonchev–Trinajstić information content (AvgIpc) is 2.69.